The fourth-order valence-electron chi connectivity index (χ4n) is 4.18. The van der Waals surface area contributed by atoms with Gasteiger partial charge >= 0.3 is 12.1 Å². The highest BCUT2D eigenvalue weighted by molar-refractivity contribution is 7.81. The molecule has 1 atom stereocenters. The fraction of sp³-hybridized carbons (Fsp3) is 0.360. The summed E-state index contributed by atoms with van der Waals surface area (Å²) >= 11 is 0. The molecule has 0 bridgehead atoms. The second-order valence-corrected chi connectivity index (χ2v) is 10.1. The molecule has 36 heavy (non-hydrogen) atoms. The topological polar surface area (TPSA) is 92.9 Å². The average Bonchev–Trinajstić information content (AvgIpc) is 3.21. The van der Waals surface area contributed by atoms with Crippen LogP contribution in [0, 0.1) is 6.92 Å². The van der Waals surface area contributed by atoms with E-state index in [1.807, 2.05) is 10.4 Å². The number of carboxylic acid groups (broad SMARTS) is 1. The number of rotatable bonds is 8. The summed E-state index contributed by atoms with van der Waals surface area (Å²) < 4.78 is 64.3. The molecule has 0 aliphatic carbocycles. The van der Waals surface area contributed by atoms with Crippen LogP contribution < -0.4 is 4.74 Å². The highest BCUT2D eigenvalue weighted by Gasteiger charge is 2.30. The van der Waals surface area contributed by atoms with Crippen LogP contribution >= 0.6 is 0 Å². The van der Waals surface area contributed by atoms with Crippen molar-refractivity contribution in [3.05, 3.63) is 70.1 Å². The van der Waals surface area contributed by atoms with Crippen LogP contribution in [0.5, 0.6) is 5.75 Å². The van der Waals surface area contributed by atoms with Crippen LogP contribution in [0.15, 0.2) is 40.8 Å². The molecule has 1 aliphatic heterocycles. The van der Waals surface area contributed by atoms with E-state index in [0.717, 1.165) is 28.8 Å². The minimum absolute atomic E-state index is 0.00507. The number of aromatic nitrogens is 1. The number of carbonyl (C=O) groups is 1. The maximum atomic E-state index is 12.8. The molecule has 1 aliphatic rings. The molecule has 0 amide bonds. The van der Waals surface area contributed by atoms with Crippen LogP contribution in [0.3, 0.4) is 0 Å². The van der Waals surface area contributed by atoms with Gasteiger partial charge in [0, 0.05) is 24.1 Å². The summed E-state index contributed by atoms with van der Waals surface area (Å²) in [6.07, 6.45) is -1.81. The lowest BCUT2D eigenvalue weighted by Crippen LogP contribution is -2.32. The third-order valence-corrected chi connectivity index (χ3v) is 7.30. The van der Waals surface area contributed by atoms with Gasteiger partial charge in [-0.15, -0.1) is 4.31 Å². The number of thiol groups is 1. The number of oxazole rings is 1. The van der Waals surface area contributed by atoms with E-state index in [1.165, 1.54) is 12.1 Å². The Morgan fingerprint density at radius 2 is 1.92 bits per heavy atom. The van der Waals surface area contributed by atoms with Crippen LogP contribution in [-0.2, 0) is 52.2 Å². The molecule has 1 N–H and O–H groups in total. The number of carboxylic acids is 1. The first-order valence-corrected chi connectivity index (χ1v) is 13.0. The van der Waals surface area contributed by atoms with Crippen molar-refractivity contribution in [2.45, 2.75) is 45.5 Å². The van der Waals surface area contributed by atoms with Gasteiger partial charge in [-0.25, -0.2) is 4.98 Å². The summed E-state index contributed by atoms with van der Waals surface area (Å²) in [4.78, 5) is 15.4. The molecule has 1 aromatic heterocycles. The van der Waals surface area contributed by atoms with Gasteiger partial charge < -0.3 is 14.3 Å². The third-order valence-electron chi connectivity index (χ3n) is 6.16. The Balaban J connectivity index is 1.54. The van der Waals surface area contributed by atoms with Crippen LogP contribution in [-0.4, -0.2) is 33.2 Å². The van der Waals surface area contributed by atoms with Crippen molar-refractivity contribution in [3.8, 4) is 17.2 Å². The van der Waals surface area contributed by atoms with Crippen molar-refractivity contribution in [1.29, 1.82) is 0 Å². The minimum Gasteiger partial charge on any atom is -0.485 e. The number of alkyl halides is 3. The number of ether oxygens (including phenoxy) is 1. The SMILES string of the molecule is Cc1nc(-c2ccc(C(F)(F)F)cc2)oc1COc1ccc(CCC(=O)O)c2c1CCN([SH+](C)=O)C2. The predicted molar refractivity (Wildman–Crippen MR) is 128 cm³/mol. The lowest BCUT2D eigenvalue weighted by atomic mass is 9.92. The number of halogens is 3. The average molecular weight is 524 g/mol. The molecule has 2 aromatic carbocycles. The fourth-order valence-corrected chi connectivity index (χ4v) is 4.90. The van der Waals surface area contributed by atoms with Crippen molar-refractivity contribution in [2.75, 3.05) is 12.8 Å². The Hall–Kier alpha value is -3.18. The van der Waals surface area contributed by atoms with Crippen molar-refractivity contribution in [2.24, 2.45) is 0 Å². The van der Waals surface area contributed by atoms with Crippen LogP contribution in [0.4, 0.5) is 13.2 Å². The van der Waals surface area contributed by atoms with Crippen molar-refractivity contribution in [1.82, 2.24) is 9.29 Å². The maximum Gasteiger partial charge on any atom is 0.416 e. The third kappa shape index (κ3) is 5.79. The summed E-state index contributed by atoms with van der Waals surface area (Å²) in [6, 6.07) is 8.24. The zero-order valence-electron chi connectivity index (χ0n) is 19.8. The standard InChI is InChI=1S/C25H25F3N2O5S/c1-15-22(35-24(29-15)17-3-7-18(8-4-17)25(26,27)28)14-34-21-9-5-16(6-10-23(31)32)20-13-30(36(2)33)12-11-19(20)21/h3-5,7-9H,6,10-14H2,1-2H3,(H,31,32)/p+1. The number of hydrogen-bond donors (Lipinski definition) is 1. The van der Waals surface area contributed by atoms with Gasteiger partial charge in [0.1, 0.15) is 29.6 Å². The number of aryl methyl sites for hydroxylation is 2. The first-order valence-electron chi connectivity index (χ1n) is 11.3. The Labute approximate surface area is 208 Å². The molecular weight excluding hydrogens is 497 g/mol. The summed E-state index contributed by atoms with van der Waals surface area (Å²) in [7, 11) is -1.52. The zero-order chi connectivity index (χ0) is 26.0. The minimum atomic E-state index is -4.42. The monoisotopic (exact) mass is 523 g/mol. The summed E-state index contributed by atoms with van der Waals surface area (Å²) in [5.74, 6) is 0.390. The summed E-state index contributed by atoms with van der Waals surface area (Å²) in [5.41, 5.74) is 3.01. The molecule has 3 aromatic rings. The van der Waals surface area contributed by atoms with E-state index in [-0.39, 0.29) is 18.9 Å². The van der Waals surface area contributed by atoms with Gasteiger partial charge in [-0.05, 0) is 61.2 Å². The van der Waals surface area contributed by atoms with Gasteiger partial charge in [0.05, 0.1) is 17.8 Å². The van der Waals surface area contributed by atoms with Crippen LogP contribution in [0.2, 0.25) is 0 Å². The number of fused-ring (bicyclic) bond motifs is 1. The van der Waals surface area contributed by atoms with E-state index < -0.39 is 28.7 Å². The van der Waals surface area contributed by atoms with Crippen molar-refractivity contribution in [3.63, 3.8) is 0 Å². The van der Waals surface area contributed by atoms with E-state index >= 15 is 0 Å². The van der Waals surface area contributed by atoms with E-state index in [2.05, 4.69) is 4.98 Å². The zero-order valence-corrected chi connectivity index (χ0v) is 20.7. The molecule has 0 radical (unpaired) electrons. The quantitative estimate of drug-likeness (QED) is 0.335. The molecule has 0 saturated carbocycles. The lowest BCUT2D eigenvalue weighted by Gasteiger charge is -2.26. The number of nitrogens with zero attached hydrogens (tertiary/aromatic N) is 2. The number of benzene rings is 2. The number of aliphatic carboxylic acids is 1. The van der Waals surface area contributed by atoms with Crippen molar-refractivity contribution >= 4 is 17.0 Å². The molecule has 0 spiro atoms. The van der Waals surface area contributed by atoms with Crippen molar-refractivity contribution < 1.29 is 36.4 Å². The molecular formula is C25H26F3N2O5S+. The highest BCUT2D eigenvalue weighted by atomic mass is 32.2. The molecule has 192 valence electrons. The lowest BCUT2D eigenvalue weighted by molar-refractivity contribution is -0.138. The smallest absolute Gasteiger partial charge is 0.416 e. The van der Waals surface area contributed by atoms with Gasteiger partial charge in [0.15, 0.2) is 5.76 Å². The molecule has 0 saturated heterocycles. The number of hydrogen-bond acceptors (Lipinski definition) is 5. The first kappa shape index (κ1) is 25.9. The molecule has 4 rings (SSSR count). The van der Waals surface area contributed by atoms with Gasteiger partial charge in [0.2, 0.25) is 5.89 Å². The normalized spacial score (nSPS) is 14.9. The van der Waals surface area contributed by atoms with Gasteiger partial charge in [-0.3, -0.25) is 4.79 Å². The summed E-state index contributed by atoms with van der Waals surface area (Å²) in [5, 5.41) is 9.10. The molecule has 2 heterocycles. The van der Waals surface area contributed by atoms with E-state index in [4.69, 9.17) is 14.3 Å². The van der Waals surface area contributed by atoms with E-state index in [9.17, 15) is 22.2 Å². The van der Waals surface area contributed by atoms with Gasteiger partial charge in [-0.1, -0.05) is 10.3 Å². The highest BCUT2D eigenvalue weighted by Crippen LogP contribution is 2.34. The predicted octanol–water partition coefficient (Wildman–Crippen LogP) is 4.86. The molecule has 0 fully saturated rings. The Morgan fingerprint density at radius 3 is 2.56 bits per heavy atom. The molecule has 11 heteroatoms. The molecule has 7 nitrogen and oxygen atoms in total. The Bertz CT molecular complexity index is 1290. The maximum absolute atomic E-state index is 12.8. The molecule has 1 unspecified atom stereocenters. The van der Waals surface area contributed by atoms with Crippen LogP contribution in [0.25, 0.3) is 11.5 Å². The van der Waals surface area contributed by atoms with Gasteiger partial charge in [-0.2, -0.15) is 13.2 Å². The summed E-state index contributed by atoms with van der Waals surface area (Å²) in [6.45, 7) is 2.84. The second kappa shape index (κ2) is 10.4. The second-order valence-electron chi connectivity index (χ2n) is 8.57. The van der Waals surface area contributed by atoms with Gasteiger partial charge in [0.25, 0.3) is 0 Å². The van der Waals surface area contributed by atoms with E-state index in [0.29, 0.717) is 48.7 Å². The largest absolute Gasteiger partial charge is 0.485 e. The van der Waals surface area contributed by atoms with Crippen LogP contribution in [0.1, 0.15) is 40.1 Å². The Morgan fingerprint density at radius 1 is 1.19 bits per heavy atom. The first-order chi connectivity index (χ1) is 17.0. The van der Waals surface area contributed by atoms with E-state index in [1.54, 1.807) is 19.2 Å². The Kier molecular flexibility index (Phi) is 7.51.